The van der Waals surface area contributed by atoms with Crippen LogP contribution < -0.4 is 9.92 Å². The second kappa shape index (κ2) is 10.7. The van der Waals surface area contributed by atoms with Gasteiger partial charge in [0.2, 0.25) is 5.91 Å². The molecule has 2 N–H and O–H groups in total. The molecule has 0 aromatic heterocycles. The molecule has 84 valence electrons. The number of hydrogen-bond donors (Lipinski definition) is 2. The van der Waals surface area contributed by atoms with Gasteiger partial charge in [-0.1, -0.05) is 24.8 Å². The minimum atomic E-state index is -2.78. The van der Waals surface area contributed by atoms with E-state index in [9.17, 15) is 13.2 Å². The van der Waals surface area contributed by atoms with Gasteiger partial charge >= 0.3 is 29.6 Å². The molecule has 0 aliphatic carbocycles. The van der Waals surface area contributed by atoms with Crippen LogP contribution in [0.4, 0.5) is 0 Å². The molecule has 5 nitrogen and oxygen atoms in total. The molecule has 1 amide bonds. The van der Waals surface area contributed by atoms with Crippen molar-refractivity contribution < 1.29 is 17.4 Å². The fraction of sp³-hybridized carbons (Fsp3) is 0. The first-order valence-corrected chi connectivity index (χ1v) is 4.95. The first kappa shape index (κ1) is 17.6. The second-order valence-electron chi connectivity index (χ2n) is 2.23. The Balaban J connectivity index is 0. The standard InChI is InChI=1S/C6H6O3S.C3H5NO.Na.H/c7-10(8)9-6-4-2-1-3-5-6;1-2-3(4)5;;/h1-5,10H;2H,1H2,(H2,4,5);;. The number of para-hydroxylation sites is 1. The van der Waals surface area contributed by atoms with Crippen LogP contribution in [0.1, 0.15) is 0 Å². The Morgan fingerprint density at radius 3 is 2.06 bits per heavy atom. The molecule has 0 spiro atoms. The molecule has 0 unspecified atom stereocenters. The summed E-state index contributed by atoms with van der Waals surface area (Å²) in [5.41, 5.74) is 4.53. The van der Waals surface area contributed by atoms with Gasteiger partial charge in [0.25, 0.3) is 11.0 Å². The van der Waals surface area contributed by atoms with Crippen LogP contribution >= 0.6 is 0 Å². The maximum atomic E-state index is 9.98. The normalized spacial score (nSPS) is 8.06. The van der Waals surface area contributed by atoms with Gasteiger partial charge in [-0.3, -0.25) is 4.79 Å². The van der Waals surface area contributed by atoms with Gasteiger partial charge < -0.3 is 9.92 Å². The molecule has 0 saturated carbocycles. The van der Waals surface area contributed by atoms with E-state index in [-0.39, 0.29) is 29.6 Å². The SMILES string of the molecule is C=CC(N)=O.O=[SH](=O)Oc1ccccc1.[NaH]. The van der Waals surface area contributed by atoms with Crippen LogP contribution in [-0.2, 0) is 15.8 Å². The number of hydrogen-bond acceptors (Lipinski definition) is 4. The maximum absolute atomic E-state index is 9.98. The van der Waals surface area contributed by atoms with Crippen molar-refractivity contribution in [3.63, 3.8) is 0 Å². The minimum absolute atomic E-state index is 0. The van der Waals surface area contributed by atoms with Gasteiger partial charge in [-0.15, -0.1) is 0 Å². The summed E-state index contributed by atoms with van der Waals surface area (Å²) in [4.78, 5) is 9.47. The number of benzene rings is 1. The first-order valence-electron chi connectivity index (χ1n) is 3.85. The van der Waals surface area contributed by atoms with Crippen molar-refractivity contribution in [1.82, 2.24) is 0 Å². The van der Waals surface area contributed by atoms with Crippen molar-refractivity contribution in [2.45, 2.75) is 0 Å². The molecule has 1 rings (SSSR count). The molecular formula is C9H12NNaO4S. The van der Waals surface area contributed by atoms with E-state index in [1.54, 1.807) is 30.3 Å². The van der Waals surface area contributed by atoms with E-state index in [1.165, 1.54) is 0 Å². The molecule has 1 aromatic rings. The summed E-state index contributed by atoms with van der Waals surface area (Å²) in [6, 6.07) is 8.34. The fourth-order valence-electron chi connectivity index (χ4n) is 0.567. The van der Waals surface area contributed by atoms with E-state index in [0.29, 0.717) is 5.75 Å². The first-order chi connectivity index (χ1) is 7.06. The van der Waals surface area contributed by atoms with Crippen molar-refractivity contribution in [3.05, 3.63) is 43.0 Å². The molecule has 0 radical (unpaired) electrons. The average molecular weight is 253 g/mol. The van der Waals surface area contributed by atoms with Gasteiger partial charge in [0.15, 0.2) is 0 Å². The molecule has 0 bridgehead atoms. The monoisotopic (exact) mass is 253 g/mol. The van der Waals surface area contributed by atoms with E-state index in [0.717, 1.165) is 6.08 Å². The molecular weight excluding hydrogens is 241 g/mol. The Kier molecular flexibility index (Phi) is 11.7. The number of carbonyl (C=O) groups is 1. The predicted molar refractivity (Wildman–Crippen MR) is 63.9 cm³/mol. The third kappa shape index (κ3) is 11.3. The summed E-state index contributed by atoms with van der Waals surface area (Å²) >= 11 is 0. The van der Waals surface area contributed by atoms with Crippen molar-refractivity contribution in [2.75, 3.05) is 0 Å². The molecule has 0 aliphatic rings. The van der Waals surface area contributed by atoms with Crippen molar-refractivity contribution in [1.29, 1.82) is 0 Å². The number of carbonyl (C=O) groups excluding carboxylic acids is 1. The summed E-state index contributed by atoms with van der Waals surface area (Å²) in [6.45, 7) is 3.09. The number of primary amides is 1. The number of nitrogens with two attached hydrogens (primary N) is 1. The topological polar surface area (TPSA) is 86.5 Å². The molecule has 7 heteroatoms. The van der Waals surface area contributed by atoms with Crippen LogP contribution in [0.15, 0.2) is 43.0 Å². The van der Waals surface area contributed by atoms with Crippen LogP contribution in [-0.4, -0.2) is 43.9 Å². The molecule has 0 aliphatic heterocycles. The Bertz CT molecular complexity index is 384. The zero-order chi connectivity index (χ0) is 11.7. The molecule has 0 heterocycles. The predicted octanol–water partition coefficient (Wildman–Crippen LogP) is -0.399. The zero-order valence-corrected chi connectivity index (χ0v) is 8.72. The van der Waals surface area contributed by atoms with Gasteiger partial charge in [-0.05, 0) is 18.2 Å². The van der Waals surface area contributed by atoms with Gasteiger partial charge in [0.05, 0.1) is 0 Å². The molecule has 0 saturated heterocycles. The second-order valence-corrected chi connectivity index (χ2v) is 2.86. The summed E-state index contributed by atoms with van der Waals surface area (Å²) in [7, 11) is -2.78. The van der Waals surface area contributed by atoms with Crippen LogP contribution in [0.5, 0.6) is 5.75 Å². The van der Waals surface area contributed by atoms with Gasteiger partial charge in [-0.2, -0.15) is 8.42 Å². The third-order valence-electron chi connectivity index (χ3n) is 1.12. The Hall–Kier alpha value is -0.820. The Morgan fingerprint density at radius 1 is 1.31 bits per heavy atom. The van der Waals surface area contributed by atoms with Crippen molar-refractivity contribution in [3.8, 4) is 5.75 Å². The van der Waals surface area contributed by atoms with E-state index >= 15 is 0 Å². The molecule has 16 heavy (non-hydrogen) atoms. The quantitative estimate of drug-likeness (QED) is 0.436. The summed E-state index contributed by atoms with van der Waals surface area (Å²) in [5, 5.41) is 0. The van der Waals surface area contributed by atoms with E-state index in [2.05, 4.69) is 16.5 Å². The fourth-order valence-corrected chi connectivity index (χ4v) is 0.861. The summed E-state index contributed by atoms with van der Waals surface area (Å²) < 4.78 is 24.3. The van der Waals surface area contributed by atoms with E-state index in [1.807, 2.05) is 0 Å². The Morgan fingerprint density at radius 2 is 1.75 bits per heavy atom. The van der Waals surface area contributed by atoms with Crippen LogP contribution in [0.25, 0.3) is 0 Å². The van der Waals surface area contributed by atoms with Gasteiger partial charge in [0.1, 0.15) is 5.75 Å². The zero-order valence-electron chi connectivity index (χ0n) is 7.83. The summed E-state index contributed by atoms with van der Waals surface area (Å²) in [5.74, 6) is -0.136. The van der Waals surface area contributed by atoms with Crippen LogP contribution in [0.3, 0.4) is 0 Å². The van der Waals surface area contributed by atoms with Gasteiger partial charge in [0, 0.05) is 0 Å². The summed E-state index contributed by atoms with van der Waals surface area (Å²) in [6.07, 6.45) is 1.06. The average Bonchev–Trinajstić information content (AvgIpc) is 2.19. The Labute approximate surface area is 118 Å². The van der Waals surface area contributed by atoms with Gasteiger partial charge in [-0.25, -0.2) is 0 Å². The van der Waals surface area contributed by atoms with E-state index in [4.69, 9.17) is 0 Å². The number of rotatable bonds is 3. The van der Waals surface area contributed by atoms with Crippen molar-refractivity contribution >= 4 is 46.4 Å². The third-order valence-corrected chi connectivity index (χ3v) is 1.48. The molecule has 0 atom stereocenters. The number of thiol groups is 1. The van der Waals surface area contributed by atoms with Crippen molar-refractivity contribution in [2.24, 2.45) is 5.73 Å². The van der Waals surface area contributed by atoms with Crippen LogP contribution in [0.2, 0.25) is 0 Å². The van der Waals surface area contributed by atoms with E-state index < -0.39 is 16.9 Å². The van der Waals surface area contributed by atoms with Crippen LogP contribution in [0, 0.1) is 0 Å². The number of amides is 1. The molecule has 0 fully saturated rings. The molecule has 1 aromatic carbocycles.